The van der Waals surface area contributed by atoms with Crippen LogP contribution in [0.2, 0.25) is 0 Å². The Labute approximate surface area is 163 Å². The molecule has 0 bridgehead atoms. The van der Waals surface area contributed by atoms with Crippen LogP contribution in [0.15, 0.2) is 48.5 Å². The SMILES string of the molecule is CC(C)(C)CC(=O)Nc1cccc([C@H]2SCC(=O)N2c2cccc(F)c2)c1. The number of nitrogens with zero attached hydrogens (tertiary/aromatic N) is 1. The summed E-state index contributed by atoms with van der Waals surface area (Å²) >= 11 is 1.49. The molecule has 2 aromatic carbocycles. The number of carbonyl (C=O) groups excluding carboxylic acids is 2. The number of anilines is 2. The summed E-state index contributed by atoms with van der Waals surface area (Å²) in [6.07, 6.45) is 0.420. The van der Waals surface area contributed by atoms with Gasteiger partial charge >= 0.3 is 0 Å². The van der Waals surface area contributed by atoms with E-state index in [-0.39, 0.29) is 28.4 Å². The van der Waals surface area contributed by atoms with Gasteiger partial charge in [-0.3, -0.25) is 14.5 Å². The van der Waals surface area contributed by atoms with Crippen molar-refractivity contribution in [2.24, 2.45) is 5.41 Å². The molecular formula is C21H23FN2O2S. The molecule has 1 aliphatic heterocycles. The molecule has 4 nitrogen and oxygen atoms in total. The lowest BCUT2D eigenvalue weighted by atomic mass is 9.92. The molecule has 1 aliphatic rings. The third-order valence-corrected chi connectivity index (χ3v) is 5.31. The van der Waals surface area contributed by atoms with Gasteiger partial charge in [-0.25, -0.2) is 4.39 Å². The van der Waals surface area contributed by atoms with Crippen LogP contribution >= 0.6 is 11.8 Å². The lowest BCUT2D eigenvalue weighted by Crippen LogP contribution is -2.28. The highest BCUT2D eigenvalue weighted by Crippen LogP contribution is 2.42. The third-order valence-electron chi connectivity index (χ3n) is 4.10. The molecule has 2 aromatic rings. The molecule has 3 rings (SSSR count). The standard InChI is InChI=1S/C21H23FN2O2S/c1-21(2,3)12-18(25)23-16-8-4-6-14(10-16)20-24(19(26)13-27-20)17-9-5-7-15(22)11-17/h4-11,20H,12-13H2,1-3H3,(H,23,25)/t20-/m1/s1. The van der Waals surface area contributed by atoms with Crippen LogP contribution in [0, 0.1) is 11.2 Å². The van der Waals surface area contributed by atoms with Crippen molar-refractivity contribution in [2.75, 3.05) is 16.0 Å². The first-order valence-corrected chi connectivity index (χ1v) is 9.87. The van der Waals surface area contributed by atoms with E-state index in [0.29, 0.717) is 23.5 Å². The fourth-order valence-corrected chi connectivity index (χ4v) is 4.20. The first-order chi connectivity index (χ1) is 12.7. The molecule has 0 radical (unpaired) electrons. The number of thioether (sulfide) groups is 1. The van der Waals surface area contributed by atoms with Crippen molar-refractivity contribution in [1.82, 2.24) is 0 Å². The molecule has 0 saturated carbocycles. The second-order valence-corrected chi connectivity index (χ2v) is 8.89. The van der Waals surface area contributed by atoms with Crippen LogP contribution in [-0.4, -0.2) is 17.6 Å². The minimum atomic E-state index is -0.376. The Hall–Kier alpha value is -2.34. The van der Waals surface area contributed by atoms with Gasteiger partial charge in [0.1, 0.15) is 11.2 Å². The Morgan fingerprint density at radius 2 is 1.96 bits per heavy atom. The fourth-order valence-electron chi connectivity index (χ4n) is 3.03. The first kappa shape index (κ1) is 19.4. The summed E-state index contributed by atoms with van der Waals surface area (Å²) < 4.78 is 13.6. The number of hydrogen-bond donors (Lipinski definition) is 1. The van der Waals surface area contributed by atoms with Crippen molar-refractivity contribution in [3.05, 3.63) is 59.9 Å². The van der Waals surface area contributed by atoms with Gasteiger partial charge < -0.3 is 5.32 Å². The van der Waals surface area contributed by atoms with E-state index in [2.05, 4.69) is 5.32 Å². The molecule has 2 amide bonds. The van der Waals surface area contributed by atoms with Crippen molar-refractivity contribution >= 4 is 35.0 Å². The molecule has 1 atom stereocenters. The van der Waals surface area contributed by atoms with E-state index in [4.69, 9.17) is 0 Å². The van der Waals surface area contributed by atoms with Gasteiger partial charge in [-0.05, 0) is 41.3 Å². The summed E-state index contributed by atoms with van der Waals surface area (Å²) in [5, 5.41) is 2.67. The van der Waals surface area contributed by atoms with E-state index in [1.807, 2.05) is 45.0 Å². The van der Waals surface area contributed by atoms with Crippen LogP contribution < -0.4 is 10.2 Å². The maximum Gasteiger partial charge on any atom is 0.238 e. The third kappa shape index (κ3) is 4.89. The Morgan fingerprint density at radius 1 is 1.22 bits per heavy atom. The average Bonchev–Trinajstić information content (AvgIpc) is 2.95. The molecule has 0 spiro atoms. The van der Waals surface area contributed by atoms with Crippen molar-refractivity contribution in [1.29, 1.82) is 0 Å². The Balaban J connectivity index is 1.83. The lowest BCUT2D eigenvalue weighted by Gasteiger charge is -2.25. The lowest BCUT2D eigenvalue weighted by molar-refractivity contribution is -0.118. The molecule has 6 heteroatoms. The number of benzene rings is 2. The maximum absolute atomic E-state index is 13.6. The van der Waals surface area contributed by atoms with Crippen LogP contribution in [-0.2, 0) is 9.59 Å². The second-order valence-electron chi connectivity index (χ2n) is 7.82. The topological polar surface area (TPSA) is 49.4 Å². The Morgan fingerprint density at radius 3 is 2.67 bits per heavy atom. The predicted molar refractivity (Wildman–Crippen MR) is 108 cm³/mol. The van der Waals surface area contributed by atoms with E-state index in [9.17, 15) is 14.0 Å². The van der Waals surface area contributed by atoms with Gasteiger partial charge in [0.2, 0.25) is 11.8 Å². The van der Waals surface area contributed by atoms with Gasteiger partial charge in [0.25, 0.3) is 0 Å². The minimum absolute atomic E-state index is 0.0446. The van der Waals surface area contributed by atoms with Gasteiger partial charge in [0, 0.05) is 17.8 Å². The maximum atomic E-state index is 13.6. The Bertz CT molecular complexity index is 863. The molecule has 1 N–H and O–H groups in total. The van der Waals surface area contributed by atoms with Crippen molar-refractivity contribution in [2.45, 2.75) is 32.6 Å². The summed E-state index contributed by atoms with van der Waals surface area (Å²) in [5.41, 5.74) is 2.03. The molecule has 1 fully saturated rings. The number of nitrogens with one attached hydrogen (secondary N) is 1. The summed E-state index contributed by atoms with van der Waals surface area (Å²) in [6, 6.07) is 13.5. The summed E-state index contributed by atoms with van der Waals surface area (Å²) in [5.74, 6) is -0.143. The highest BCUT2D eigenvalue weighted by atomic mass is 32.2. The smallest absolute Gasteiger partial charge is 0.238 e. The zero-order chi connectivity index (χ0) is 19.6. The Kier molecular flexibility index (Phi) is 5.56. The predicted octanol–water partition coefficient (Wildman–Crippen LogP) is 4.98. The minimum Gasteiger partial charge on any atom is -0.326 e. The van der Waals surface area contributed by atoms with Crippen LogP contribution in [0.4, 0.5) is 15.8 Å². The monoisotopic (exact) mass is 386 g/mol. The van der Waals surface area contributed by atoms with Crippen molar-refractivity contribution in [3.8, 4) is 0 Å². The van der Waals surface area contributed by atoms with E-state index >= 15 is 0 Å². The molecule has 1 heterocycles. The molecular weight excluding hydrogens is 363 g/mol. The number of hydrogen-bond acceptors (Lipinski definition) is 3. The average molecular weight is 386 g/mol. The summed E-state index contributed by atoms with van der Waals surface area (Å²) in [6.45, 7) is 6.04. The van der Waals surface area contributed by atoms with Gasteiger partial charge in [0.05, 0.1) is 5.75 Å². The normalized spacial score (nSPS) is 17.3. The van der Waals surface area contributed by atoms with E-state index in [1.54, 1.807) is 17.0 Å². The number of amides is 2. The molecule has 0 aromatic heterocycles. The van der Waals surface area contributed by atoms with E-state index in [0.717, 1.165) is 5.56 Å². The van der Waals surface area contributed by atoms with Crippen LogP contribution in [0.5, 0.6) is 0 Å². The van der Waals surface area contributed by atoms with Gasteiger partial charge in [-0.15, -0.1) is 11.8 Å². The second kappa shape index (κ2) is 7.72. The zero-order valence-electron chi connectivity index (χ0n) is 15.7. The first-order valence-electron chi connectivity index (χ1n) is 8.82. The van der Waals surface area contributed by atoms with Crippen LogP contribution in [0.3, 0.4) is 0 Å². The quantitative estimate of drug-likeness (QED) is 0.806. The number of rotatable bonds is 4. The molecule has 1 saturated heterocycles. The van der Waals surface area contributed by atoms with Crippen LogP contribution in [0.1, 0.15) is 38.1 Å². The molecule has 0 unspecified atom stereocenters. The van der Waals surface area contributed by atoms with Crippen molar-refractivity contribution in [3.63, 3.8) is 0 Å². The molecule has 142 valence electrons. The van der Waals surface area contributed by atoms with Gasteiger partial charge in [-0.1, -0.05) is 39.0 Å². The summed E-state index contributed by atoms with van der Waals surface area (Å²) in [7, 11) is 0. The van der Waals surface area contributed by atoms with Gasteiger partial charge in [0.15, 0.2) is 0 Å². The highest BCUT2D eigenvalue weighted by molar-refractivity contribution is 8.00. The zero-order valence-corrected chi connectivity index (χ0v) is 16.5. The number of carbonyl (C=O) groups is 2. The van der Waals surface area contributed by atoms with E-state index in [1.165, 1.54) is 23.9 Å². The van der Waals surface area contributed by atoms with Crippen LogP contribution in [0.25, 0.3) is 0 Å². The highest BCUT2D eigenvalue weighted by Gasteiger charge is 2.34. The summed E-state index contributed by atoms with van der Waals surface area (Å²) in [4.78, 5) is 26.2. The molecule has 27 heavy (non-hydrogen) atoms. The van der Waals surface area contributed by atoms with Crippen molar-refractivity contribution < 1.29 is 14.0 Å². The van der Waals surface area contributed by atoms with E-state index < -0.39 is 0 Å². The largest absolute Gasteiger partial charge is 0.326 e. The fraction of sp³-hybridized carbons (Fsp3) is 0.333. The van der Waals surface area contributed by atoms with Gasteiger partial charge in [-0.2, -0.15) is 0 Å². The number of halogens is 1. The molecule has 0 aliphatic carbocycles.